The monoisotopic (exact) mass is 253 g/mol. The maximum atomic E-state index is 12.9. The van der Waals surface area contributed by atoms with Gasteiger partial charge in [0.2, 0.25) is 0 Å². The summed E-state index contributed by atoms with van der Waals surface area (Å²) in [7, 11) is 0. The minimum Gasteiger partial charge on any atom is -0.460 e. The largest absolute Gasteiger partial charge is 0.460 e. The van der Waals surface area contributed by atoms with Crippen LogP contribution in [0, 0.1) is 5.82 Å². The van der Waals surface area contributed by atoms with Crippen LogP contribution in [0.25, 0.3) is 0 Å². The minimum atomic E-state index is -0.445. The van der Waals surface area contributed by atoms with Crippen molar-refractivity contribution >= 4 is 5.97 Å². The molecule has 18 heavy (non-hydrogen) atoms. The number of rotatable bonds is 5. The third-order valence-corrected chi connectivity index (χ3v) is 2.14. The Hall–Kier alpha value is -1.42. The molecule has 1 aromatic carbocycles. The summed E-state index contributed by atoms with van der Waals surface area (Å²) in [5.74, 6) is -0.476. The summed E-state index contributed by atoms with van der Waals surface area (Å²) < 4.78 is 18.1. The predicted octanol–water partition coefficient (Wildman–Crippen LogP) is 2.65. The van der Waals surface area contributed by atoms with Gasteiger partial charge in [-0.2, -0.15) is 0 Å². The summed E-state index contributed by atoms with van der Waals surface area (Å²) >= 11 is 0. The van der Waals surface area contributed by atoms with Gasteiger partial charge >= 0.3 is 5.97 Å². The SMILES string of the molecule is CC(C)(C)OC(=O)CCNCc1cccc(F)c1. The summed E-state index contributed by atoms with van der Waals surface area (Å²) in [5.41, 5.74) is 0.416. The van der Waals surface area contributed by atoms with Crippen molar-refractivity contribution in [2.24, 2.45) is 0 Å². The zero-order chi connectivity index (χ0) is 13.6. The Labute approximate surface area is 107 Å². The van der Waals surface area contributed by atoms with Gasteiger partial charge in [0.25, 0.3) is 0 Å². The van der Waals surface area contributed by atoms with Crippen LogP contribution in [0.15, 0.2) is 24.3 Å². The highest BCUT2D eigenvalue weighted by molar-refractivity contribution is 5.70. The third-order valence-electron chi connectivity index (χ3n) is 2.14. The fraction of sp³-hybridized carbons (Fsp3) is 0.500. The van der Waals surface area contributed by atoms with Gasteiger partial charge in [0.05, 0.1) is 6.42 Å². The van der Waals surface area contributed by atoms with Crippen molar-refractivity contribution in [2.45, 2.75) is 39.3 Å². The first kappa shape index (κ1) is 14.6. The number of benzene rings is 1. The summed E-state index contributed by atoms with van der Waals surface area (Å²) in [5, 5.41) is 3.08. The van der Waals surface area contributed by atoms with Crippen molar-refractivity contribution in [1.82, 2.24) is 5.32 Å². The second-order valence-corrected chi connectivity index (χ2v) is 5.14. The molecule has 0 fully saturated rings. The van der Waals surface area contributed by atoms with Crippen molar-refractivity contribution in [1.29, 1.82) is 0 Å². The molecule has 0 saturated heterocycles. The summed E-state index contributed by atoms with van der Waals surface area (Å²) in [4.78, 5) is 11.4. The van der Waals surface area contributed by atoms with E-state index in [1.807, 2.05) is 26.8 Å². The van der Waals surface area contributed by atoms with Crippen molar-refractivity contribution in [3.63, 3.8) is 0 Å². The Balaban J connectivity index is 2.21. The Morgan fingerprint density at radius 3 is 2.72 bits per heavy atom. The van der Waals surface area contributed by atoms with Crippen molar-refractivity contribution in [3.05, 3.63) is 35.6 Å². The standard InChI is InChI=1S/C14H20FNO2/c1-14(2,3)18-13(17)7-8-16-10-11-5-4-6-12(15)9-11/h4-6,9,16H,7-8,10H2,1-3H3. The van der Waals surface area contributed by atoms with E-state index in [0.29, 0.717) is 19.5 Å². The van der Waals surface area contributed by atoms with Crippen LogP contribution < -0.4 is 5.32 Å². The molecule has 100 valence electrons. The number of nitrogens with one attached hydrogen (secondary N) is 1. The van der Waals surface area contributed by atoms with E-state index in [0.717, 1.165) is 5.56 Å². The molecule has 0 aromatic heterocycles. The van der Waals surface area contributed by atoms with Gasteiger partial charge in [0.15, 0.2) is 0 Å². The molecule has 0 bridgehead atoms. The molecule has 0 radical (unpaired) electrons. The van der Waals surface area contributed by atoms with E-state index in [1.54, 1.807) is 6.07 Å². The highest BCUT2D eigenvalue weighted by atomic mass is 19.1. The number of ether oxygens (including phenoxy) is 1. The molecule has 1 N–H and O–H groups in total. The first-order chi connectivity index (χ1) is 8.37. The van der Waals surface area contributed by atoms with Gasteiger partial charge in [-0.25, -0.2) is 4.39 Å². The van der Waals surface area contributed by atoms with Crippen molar-refractivity contribution in [2.75, 3.05) is 6.54 Å². The lowest BCUT2D eigenvalue weighted by atomic mass is 10.2. The first-order valence-corrected chi connectivity index (χ1v) is 6.04. The molecular formula is C14H20FNO2. The van der Waals surface area contributed by atoms with Gasteiger partial charge in [-0.05, 0) is 38.5 Å². The number of hydrogen-bond acceptors (Lipinski definition) is 3. The fourth-order valence-corrected chi connectivity index (χ4v) is 1.46. The number of carbonyl (C=O) groups is 1. The summed E-state index contributed by atoms with van der Waals surface area (Å²) in [6, 6.07) is 6.38. The van der Waals surface area contributed by atoms with Crippen molar-refractivity contribution in [3.8, 4) is 0 Å². The smallest absolute Gasteiger partial charge is 0.307 e. The molecule has 0 spiro atoms. The van der Waals surface area contributed by atoms with Crippen LogP contribution in [-0.2, 0) is 16.1 Å². The van der Waals surface area contributed by atoms with E-state index >= 15 is 0 Å². The van der Waals surface area contributed by atoms with Gasteiger partial charge in [0, 0.05) is 13.1 Å². The topological polar surface area (TPSA) is 38.3 Å². The predicted molar refractivity (Wildman–Crippen MR) is 68.6 cm³/mol. The molecule has 1 rings (SSSR count). The lowest BCUT2D eigenvalue weighted by molar-refractivity contribution is -0.154. The molecular weight excluding hydrogens is 233 g/mol. The minimum absolute atomic E-state index is 0.228. The van der Waals surface area contributed by atoms with Crippen LogP contribution >= 0.6 is 0 Å². The normalized spacial score (nSPS) is 11.3. The number of esters is 1. The number of hydrogen-bond donors (Lipinski definition) is 1. The second kappa shape index (κ2) is 6.50. The average Bonchev–Trinajstić information content (AvgIpc) is 2.22. The number of carbonyl (C=O) groups excluding carboxylic acids is 1. The number of halogens is 1. The van der Waals surface area contributed by atoms with Gasteiger partial charge in [0.1, 0.15) is 11.4 Å². The summed E-state index contributed by atoms with van der Waals surface area (Å²) in [6.07, 6.45) is 0.312. The molecule has 0 aliphatic rings. The lowest BCUT2D eigenvalue weighted by Gasteiger charge is -2.19. The molecule has 4 heteroatoms. The van der Waals surface area contributed by atoms with Crippen LogP contribution in [0.1, 0.15) is 32.8 Å². The van der Waals surface area contributed by atoms with Gasteiger partial charge in [-0.15, -0.1) is 0 Å². The van der Waals surface area contributed by atoms with Crippen LogP contribution in [0.5, 0.6) is 0 Å². The van der Waals surface area contributed by atoms with Crippen molar-refractivity contribution < 1.29 is 13.9 Å². The zero-order valence-electron chi connectivity index (χ0n) is 11.1. The molecule has 3 nitrogen and oxygen atoms in total. The van der Waals surface area contributed by atoms with E-state index in [1.165, 1.54) is 12.1 Å². The van der Waals surface area contributed by atoms with E-state index in [4.69, 9.17) is 4.74 Å². The maximum Gasteiger partial charge on any atom is 0.307 e. The van der Waals surface area contributed by atoms with Gasteiger partial charge < -0.3 is 10.1 Å². The van der Waals surface area contributed by atoms with Crippen LogP contribution in [0.4, 0.5) is 4.39 Å². The zero-order valence-corrected chi connectivity index (χ0v) is 11.1. The van der Waals surface area contributed by atoms with Crippen LogP contribution in [0.2, 0.25) is 0 Å². The lowest BCUT2D eigenvalue weighted by Crippen LogP contribution is -2.26. The van der Waals surface area contributed by atoms with Crippen LogP contribution in [-0.4, -0.2) is 18.1 Å². The Kier molecular flexibility index (Phi) is 5.28. The first-order valence-electron chi connectivity index (χ1n) is 6.04. The quantitative estimate of drug-likeness (QED) is 0.647. The highest BCUT2D eigenvalue weighted by Gasteiger charge is 2.15. The second-order valence-electron chi connectivity index (χ2n) is 5.14. The van der Waals surface area contributed by atoms with E-state index in [9.17, 15) is 9.18 Å². The molecule has 0 amide bonds. The van der Waals surface area contributed by atoms with E-state index in [-0.39, 0.29) is 11.8 Å². The molecule has 0 unspecified atom stereocenters. The Morgan fingerprint density at radius 2 is 2.11 bits per heavy atom. The summed E-state index contributed by atoms with van der Waals surface area (Å²) in [6.45, 7) is 6.58. The molecule has 0 aliphatic carbocycles. The molecule has 0 aliphatic heterocycles. The molecule has 0 atom stereocenters. The average molecular weight is 253 g/mol. The van der Waals surface area contributed by atoms with E-state index in [2.05, 4.69) is 5.32 Å². The molecule has 0 saturated carbocycles. The highest BCUT2D eigenvalue weighted by Crippen LogP contribution is 2.08. The van der Waals surface area contributed by atoms with Gasteiger partial charge in [-0.3, -0.25) is 4.79 Å². The van der Waals surface area contributed by atoms with E-state index < -0.39 is 5.60 Å². The van der Waals surface area contributed by atoms with Gasteiger partial charge in [-0.1, -0.05) is 12.1 Å². The third kappa shape index (κ3) is 6.35. The maximum absolute atomic E-state index is 12.9. The van der Waals surface area contributed by atoms with Crippen LogP contribution in [0.3, 0.4) is 0 Å². The fourth-order valence-electron chi connectivity index (χ4n) is 1.46. The molecule has 0 heterocycles. The molecule has 1 aromatic rings. The Morgan fingerprint density at radius 1 is 1.39 bits per heavy atom. The Bertz CT molecular complexity index is 399.